The minimum atomic E-state index is -0.682. The Morgan fingerprint density at radius 3 is 2.22 bits per heavy atom. The highest BCUT2D eigenvalue weighted by atomic mass is 16.6. The molecule has 0 radical (unpaired) electrons. The van der Waals surface area contributed by atoms with Gasteiger partial charge in [-0.1, -0.05) is 19.8 Å². The van der Waals surface area contributed by atoms with Crippen molar-refractivity contribution >= 4 is 11.7 Å². The molecule has 6 nitrogen and oxygen atoms in total. The van der Waals surface area contributed by atoms with Gasteiger partial charge >= 0.3 is 5.97 Å². The van der Waals surface area contributed by atoms with E-state index in [2.05, 4.69) is 6.92 Å². The van der Waals surface area contributed by atoms with Crippen molar-refractivity contribution in [1.82, 2.24) is 0 Å². The molecule has 0 heterocycles. The first-order chi connectivity index (χ1) is 8.47. The summed E-state index contributed by atoms with van der Waals surface area (Å²) in [5, 5.41) is 26.9. The summed E-state index contributed by atoms with van der Waals surface area (Å²) in [7, 11) is 0. The van der Waals surface area contributed by atoms with Gasteiger partial charge in [-0.25, -0.2) is 0 Å². The van der Waals surface area contributed by atoms with Crippen LogP contribution in [0.2, 0.25) is 0 Å². The lowest BCUT2D eigenvalue weighted by Gasteiger charge is -1.89. The Hall–Kier alpha value is -2.11. The summed E-state index contributed by atoms with van der Waals surface area (Å²) in [4.78, 5) is 19.4. The molecule has 1 aromatic rings. The average Bonchev–Trinajstić information content (AvgIpc) is 2.30. The molecule has 0 aliphatic carbocycles. The minimum absolute atomic E-state index is 0.0159. The van der Waals surface area contributed by atoms with E-state index in [1.807, 2.05) is 0 Å². The molecule has 0 unspecified atom stereocenters. The van der Waals surface area contributed by atoms with Crippen molar-refractivity contribution in [1.29, 1.82) is 0 Å². The van der Waals surface area contributed by atoms with Gasteiger partial charge in [0.1, 0.15) is 5.75 Å². The molecule has 1 rings (SSSR count). The number of nitrogens with zero attached hydrogens (tertiary/aromatic N) is 1. The number of non-ortho nitro benzene ring substituents is 1. The van der Waals surface area contributed by atoms with Gasteiger partial charge in [-0.05, 0) is 18.6 Å². The monoisotopic (exact) mass is 255 g/mol. The van der Waals surface area contributed by atoms with Crippen LogP contribution in [-0.4, -0.2) is 21.1 Å². The highest BCUT2D eigenvalue weighted by Crippen LogP contribution is 2.14. The van der Waals surface area contributed by atoms with Crippen LogP contribution in [-0.2, 0) is 4.79 Å². The molecule has 0 atom stereocenters. The third-order valence-corrected chi connectivity index (χ3v) is 2.05. The Kier molecular flexibility index (Phi) is 7.92. The highest BCUT2D eigenvalue weighted by Gasteiger charge is 2.01. The van der Waals surface area contributed by atoms with Crippen molar-refractivity contribution in [3.05, 3.63) is 34.4 Å². The van der Waals surface area contributed by atoms with E-state index < -0.39 is 10.9 Å². The normalized spacial score (nSPS) is 9.17. The van der Waals surface area contributed by atoms with E-state index in [1.54, 1.807) is 0 Å². The van der Waals surface area contributed by atoms with Gasteiger partial charge in [0.25, 0.3) is 5.69 Å². The van der Waals surface area contributed by atoms with E-state index in [9.17, 15) is 14.9 Å². The van der Waals surface area contributed by atoms with Gasteiger partial charge in [-0.15, -0.1) is 0 Å². The maximum absolute atomic E-state index is 10.0. The Bertz CT molecular complexity index is 375. The van der Waals surface area contributed by atoms with E-state index in [4.69, 9.17) is 10.2 Å². The van der Waals surface area contributed by atoms with E-state index in [0.29, 0.717) is 6.42 Å². The lowest BCUT2D eigenvalue weighted by atomic mass is 10.2. The number of nitro groups is 1. The fraction of sp³-hybridized carbons (Fsp3) is 0.417. The second kappa shape index (κ2) is 8.98. The van der Waals surface area contributed by atoms with E-state index in [0.717, 1.165) is 19.3 Å². The van der Waals surface area contributed by atoms with Gasteiger partial charge in [-0.2, -0.15) is 0 Å². The zero-order chi connectivity index (χ0) is 14.0. The second-order valence-electron chi connectivity index (χ2n) is 3.62. The Balaban J connectivity index is 0.000000331. The van der Waals surface area contributed by atoms with Crippen LogP contribution in [0.4, 0.5) is 5.69 Å². The molecule has 0 fully saturated rings. The number of carboxylic acids is 1. The summed E-state index contributed by atoms with van der Waals surface area (Å²) in [6.07, 6.45) is 3.28. The molecule has 0 aromatic heterocycles. The number of carbonyl (C=O) groups is 1. The summed E-state index contributed by atoms with van der Waals surface area (Å²) in [5.41, 5.74) is -0.0159. The summed E-state index contributed by atoms with van der Waals surface area (Å²) < 4.78 is 0. The largest absolute Gasteiger partial charge is 0.508 e. The minimum Gasteiger partial charge on any atom is -0.508 e. The van der Waals surface area contributed by atoms with Gasteiger partial charge < -0.3 is 10.2 Å². The van der Waals surface area contributed by atoms with E-state index in [1.165, 1.54) is 24.3 Å². The standard InChI is InChI=1S/C6H5NO3.C6H12O2/c8-6-3-1-5(2-4-6)7(9)10;1-2-3-4-5-6(7)8/h1-4,8H;2-5H2,1H3,(H,7,8). The van der Waals surface area contributed by atoms with Crippen molar-refractivity contribution in [2.24, 2.45) is 0 Å². The van der Waals surface area contributed by atoms with Crippen LogP contribution in [0.1, 0.15) is 32.6 Å². The van der Waals surface area contributed by atoms with Gasteiger partial charge in [0.05, 0.1) is 4.92 Å². The number of rotatable bonds is 5. The molecular formula is C12H17NO5. The third kappa shape index (κ3) is 8.09. The lowest BCUT2D eigenvalue weighted by Crippen LogP contribution is -1.92. The van der Waals surface area contributed by atoms with Gasteiger partial charge in [0, 0.05) is 18.6 Å². The molecule has 2 N–H and O–H groups in total. The molecule has 18 heavy (non-hydrogen) atoms. The van der Waals surface area contributed by atoms with Crippen molar-refractivity contribution in [3.63, 3.8) is 0 Å². The molecule has 0 amide bonds. The SMILES string of the molecule is CCCCCC(=O)O.O=[N+]([O-])c1ccc(O)cc1. The van der Waals surface area contributed by atoms with Gasteiger partial charge in [0.2, 0.25) is 0 Å². The molecule has 0 saturated heterocycles. The van der Waals surface area contributed by atoms with Crippen LogP contribution < -0.4 is 0 Å². The van der Waals surface area contributed by atoms with Crippen molar-refractivity contribution in [2.75, 3.05) is 0 Å². The molecular weight excluding hydrogens is 238 g/mol. The van der Waals surface area contributed by atoms with Crippen LogP contribution in [0.3, 0.4) is 0 Å². The fourth-order valence-electron chi connectivity index (χ4n) is 1.10. The maximum Gasteiger partial charge on any atom is 0.303 e. The van der Waals surface area contributed by atoms with Crippen LogP contribution in [0, 0.1) is 10.1 Å². The average molecular weight is 255 g/mol. The van der Waals surface area contributed by atoms with Crippen LogP contribution in [0.5, 0.6) is 5.75 Å². The number of hydrogen-bond donors (Lipinski definition) is 2. The van der Waals surface area contributed by atoms with E-state index in [-0.39, 0.29) is 11.4 Å². The predicted molar refractivity (Wildman–Crippen MR) is 66.5 cm³/mol. The molecule has 0 spiro atoms. The number of phenols is 1. The maximum atomic E-state index is 10.0. The molecule has 0 bridgehead atoms. The molecule has 6 heteroatoms. The number of nitro benzene ring substituents is 1. The topological polar surface area (TPSA) is 101 Å². The van der Waals surface area contributed by atoms with Gasteiger partial charge in [-0.3, -0.25) is 14.9 Å². The Labute approximate surface area is 105 Å². The zero-order valence-electron chi connectivity index (χ0n) is 10.2. The number of phenolic OH excluding ortho intramolecular Hbond substituents is 1. The van der Waals surface area contributed by atoms with Crippen LogP contribution in [0.25, 0.3) is 0 Å². The van der Waals surface area contributed by atoms with Crippen LogP contribution >= 0.6 is 0 Å². The highest BCUT2D eigenvalue weighted by molar-refractivity contribution is 5.66. The number of hydrogen-bond acceptors (Lipinski definition) is 4. The first-order valence-corrected chi connectivity index (χ1v) is 5.62. The molecule has 100 valence electrons. The van der Waals surface area contributed by atoms with Crippen LogP contribution in [0.15, 0.2) is 24.3 Å². The summed E-state index contributed by atoms with van der Waals surface area (Å²) in [6, 6.07) is 5.04. The summed E-state index contributed by atoms with van der Waals surface area (Å²) >= 11 is 0. The Morgan fingerprint density at radius 2 is 1.83 bits per heavy atom. The fourth-order valence-corrected chi connectivity index (χ4v) is 1.10. The number of aliphatic carboxylic acids is 1. The molecule has 1 aromatic carbocycles. The lowest BCUT2D eigenvalue weighted by molar-refractivity contribution is -0.384. The second-order valence-corrected chi connectivity index (χ2v) is 3.62. The van der Waals surface area contributed by atoms with E-state index >= 15 is 0 Å². The summed E-state index contributed by atoms with van der Waals surface area (Å²) in [5.74, 6) is -0.649. The van der Waals surface area contributed by atoms with Crippen molar-refractivity contribution in [3.8, 4) is 5.75 Å². The molecule has 0 aliphatic rings. The third-order valence-electron chi connectivity index (χ3n) is 2.05. The molecule has 0 aliphatic heterocycles. The first-order valence-electron chi connectivity index (χ1n) is 5.62. The van der Waals surface area contributed by atoms with Crippen molar-refractivity contribution < 1.29 is 19.9 Å². The zero-order valence-corrected chi connectivity index (χ0v) is 10.2. The Morgan fingerprint density at radius 1 is 1.28 bits per heavy atom. The number of unbranched alkanes of at least 4 members (excludes halogenated alkanes) is 2. The number of aromatic hydroxyl groups is 1. The number of carboxylic acid groups (broad SMARTS) is 1. The quantitative estimate of drug-likeness (QED) is 0.478. The summed E-state index contributed by atoms with van der Waals surface area (Å²) in [6.45, 7) is 2.06. The van der Waals surface area contributed by atoms with Crippen molar-refractivity contribution in [2.45, 2.75) is 32.6 Å². The smallest absolute Gasteiger partial charge is 0.303 e. The predicted octanol–water partition coefficient (Wildman–Crippen LogP) is 2.95. The molecule has 0 saturated carbocycles. The van der Waals surface area contributed by atoms with Gasteiger partial charge in [0.15, 0.2) is 0 Å². The number of benzene rings is 1. The first kappa shape index (κ1) is 15.9.